The Morgan fingerprint density at radius 1 is 1.35 bits per heavy atom. The maximum atomic E-state index is 13.3. The zero-order valence-electron chi connectivity index (χ0n) is 11.3. The highest BCUT2D eigenvalue weighted by atomic mass is 79.9. The highest BCUT2D eigenvalue weighted by Gasteiger charge is 2.38. The van der Waals surface area contributed by atoms with Gasteiger partial charge in [0.2, 0.25) is 0 Å². The van der Waals surface area contributed by atoms with Crippen LogP contribution in [-0.4, -0.2) is 18.6 Å². The van der Waals surface area contributed by atoms with Gasteiger partial charge >= 0.3 is 6.18 Å². The standard InChI is InChI=1S/C14H18BrF3N2/c1-9-3-2-4-11(8-19)20(9)13-6-5-10(15)7-12(13)14(16,17)18/h5-7,9,11H,2-4,8,19H2,1H3. The van der Waals surface area contributed by atoms with Gasteiger partial charge in [-0.2, -0.15) is 13.2 Å². The van der Waals surface area contributed by atoms with Gasteiger partial charge in [-0.05, 0) is 44.4 Å². The molecule has 1 saturated heterocycles. The van der Waals surface area contributed by atoms with Crippen molar-refractivity contribution >= 4 is 21.6 Å². The molecule has 1 aliphatic rings. The highest BCUT2D eigenvalue weighted by molar-refractivity contribution is 9.10. The normalized spacial score (nSPS) is 24.0. The zero-order valence-corrected chi connectivity index (χ0v) is 12.8. The molecule has 1 fully saturated rings. The molecular weight excluding hydrogens is 333 g/mol. The van der Waals surface area contributed by atoms with Crippen molar-refractivity contribution in [2.75, 3.05) is 11.4 Å². The van der Waals surface area contributed by atoms with Crippen molar-refractivity contribution in [2.45, 2.75) is 44.4 Å². The van der Waals surface area contributed by atoms with Crippen LogP contribution in [0.2, 0.25) is 0 Å². The lowest BCUT2D eigenvalue weighted by Crippen LogP contribution is -2.49. The van der Waals surface area contributed by atoms with Crippen LogP contribution in [0.4, 0.5) is 18.9 Å². The lowest BCUT2D eigenvalue weighted by molar-refractivity contribution is -0.137. The van der Waals surface area contributed by atoms with E-state index in [1.807, 2.05) is 11.8 Å². The van der Waals surface area contributed by atoms with Gasteiger partial charge in [0.05, 0.1) is 5.56 Å². The zero-order chi connectivity index (χ0) is 14.9. The van der Waals surface area contributed by atoms with Crippen molar-refractivity contribution < 1.29 is 13.2 Å². The number of rotatable bonds is 2. The Morgan fingerprint density at radius 2 is 2.05 bits per heavy atom. The molecule has 20 heavy (non-hydrogen) atoms. The smallest absolute Gasteiger partial charge is 0.364 e. The van der Waals surface area contributed by atoms with Gasteiger partial charge in [0.1, 0.15) is 0 Å². The van der Waals surface area contributed by atoms with Crippen LogP contribution in [0.3, 0.4) is 0 Å². The number of benzene rings is 1. The second kappa shape index (κ2) is 5.93. The summed E-state index contributed by atoms with van der Waals surface area (Å²) in [5.41, 5.74) is 5.39. The highest BCUT2D eigenvalue weighted by Crippen LogP contribution is 2.41. The second-order valence-electron chi connectivity index (χ2n) is 5.24. The van der Waals surface area contributed by atoms with Crippen molar-refractivity contribution in [1.82, 2.24) is 0 Å². The van der Waals surface area contributed by atoms with Gasteiger partial charge in [0.15, 0.2) is 0 Å². The number of nitrogens with zero attached hydrogens (tertiary/aromatic N) is 1. The number of nitrogens with two attached hydrogens (primary N) is 1. The van der Waals surface area contributed by atoms with Crippen LogP contribution < -0.4 is 10.6 Å². The van der Waals surface area contributed by atoms with E-state index in [2.05, 4.69) is 15.9 Å². The van der Waals surface area contributed by atoms with Crippen LogP contribution in [0.25, 0.3) is 0 Å². The van der Waals surface area contributed by atoms with Crippen molar-refractivity contribution in [3.05, 3.63) is 28.2 Å². The third-order valence-electron chi connectivity index (χ3n) is 3.84. The first kappa shape index (κ1) is 15.6. The van der Waals surface area contributed by atoms with Crippen LogP contribution in [0.5, 0.6) is 0 Å². The number of hydrogen-bond donors (Lipinski definition) is 1. The van der Waals surface area contributed by atoms with Crippen LogP contribution in [0, 0.1) is 0 Å². The first-order valence-electron chi connectivity index (χ1n) is 6.69. The van der Waals surface area contributed by atoms with E-state index in [4.69, 9.17) is 5.73 Å². The summed E-state index contributed by atoms with van der Waals surface area (Å²) in [6.07, 6.45) is -1.62. The molecule has 1 heterocycles. The van der Waals surface area contributed by atoms with E-state index in [0.717, 1.165) is 25.3 Å². The molecule has 2 nitrogen and oxygen atoms in total. The maximum Gasteiger partial charge on any atom is 0.418 e. The fourth-order valence-electron chi connectivity index (χ4n) is 2.91. The molecule has 0 amide bonds. The van der Waals surface area contributed by atoms with E-state index in [9.17, 15) is 13.2 Å². The Labute approximate surface area is 125 Å². The summed E-state index contributed by atoms with van der Waals surface area (Å²) in [4.78, 5) is 1.85. The van der Waals surface area contributed by atoms with Crippen LogP contribution in [0.15, 0.2) is 22.7 Å². The summed E-state index contributed by atoms with van der Waals surface area (Å²) >= 11 is 3.12. The third kappa shape index (κ3) is 3.11. The molecule has 0 spiro atoms. The minimum Gasteiger partial charge on any atom is -0.364 e. The van der Waals surface area contributed by atoms with Gasteiger partial charge in [0, 0.05) is 28.8 Å². The Balaban J connectivity index is 2.49. The van der Waals surface area contributed by atoms with E-state index < -0.39 is 11.7 Å². The molecule has 1 aromatic rings. The summed E-state index contributed by atoms with van der Waals surface area (Å²) < 4.78 is 40.2. The Morgan fingerprint density at radius 3 is 2.65 bits per heavy atom. The molecule has 6 heteroatoms. The van der Waals surface area contributed by atoms with Gasteiger partial charge in [-0.3, -0.25) is 0 Å². The second-order valence-corrected chi connectivity index (χ2v) is 6.15. The quantitative estimate of drug-likeness (QED) is 0.866. The van der Waals surface area contributed by atoms with E-state index in [-0.39, 0.29) is 17.8 Å². The molecule has 2 rings (SSSR count). The van der Waals surface area contributed by atoms with Gasteiger partial charge in [-0.25, -0.2) is 0 Å². The minimum absolute atomic E-state index is 0.0268. The van der Waals surface area contributed by atoms with Crippen molar-refractivity contribution in [2.24, 2.45) is 5.73 Å². The fourth-order valence-corrected chi connectivity index (χ4v) is 3.27. The molecule has 0 aliphatic carbocycles. The van der Waals surface area contributed by atoms with E-state index in [1.165, 1.54) is 6.07 Å². The lowest BCUT2D eigenvalue weighted by Gasteiger charge is -2.43. The largest absolute Gasteiger partial charge is 0.418 e. The maximum absolute atomic E-state index is 13.3. The molecule has 1 aliphatic heterocycles. The SMILES string of the molecule is CC1CCCC(CN)N1c1ccc(Br)cc1C(F)(F)F. The number of anilines is 1. The molecule has 112 valence electrons. The summed E-state index contributed by atoms with van der Waals surface area (Å²) in [6.45, 7) is 2.34. The van der Waals surface area contributed by atoms with Gasteiger partial charge in [0.25, 0.3) is 0 Å². The molecule has 2 unspecified atom stereocenters. The molecule has 0 bridgehead atoms. The molecule has 2 N–H and O–H groups in total. The third-order valence-corrected chi connectivity index (χ3v) is 4.34. The predicted octanol–water partition coefficient (Wildman–Crippen LogP) is 4.17. The number of halogens is 4. The first-order chi connectivity index (χ1) is 9.34. The Bertz CT molecular complexity index is 476. The number of alkyl halides is 3. The lowest BCUT2D eigenvalue weighted by atomic mass is 9.94. The topological polar surface area (TPSA) is 29.3 Å². The molecule has 0 aromatic heterocycles. The first-order valence-corrected chi connectivity index (χ1v) is 7.49. The summed E-state index contributed by atoms with van der Waals surface area (Å²) in [5.74, 6) is 0. The average Bonchev–Trinajstić information content (AvgIpc) is 2.38. The Kier molecular flexibility index (Phi) is 4.64. The van der Waals surface area contributed by atoms with Crippen molar-refractivity contribution in [3.63, 3.8) is 0 Å². The van der Waals surface area contributed by atoms with Crippen LogP contribution >= 0.6 is 15.9 Å². The minimum atomic E-state index is -4.37. The molecule has 0 radical (unpaired) electrons. The monoisotopic (exact) mass is 350 g/mol. The molecule has 2 atom stereocenters. The van der Waals surface area contributed by atoms with Gasteiger partial charge in [-0.15, -0.1) is 0 Å². The van der Waals surface area contributed by atoms with Crippen molar-refractivity contribution in [1.29, 1.82) is 0 Å². The molecule has 0 saturated carbocycles. The average molecular weight is 351 g/mol. The van der Waals surface area contributed by atoms with Crippen molar-refractivity contribution in [3.8, 4) is 0 Å². The number of hydrogen-bond acceptors (Lipinski definition) is 2. The molecule has 1 aromatic carbocycles. The van der Waals surface area contributed by atoms with Gasteiger partial charge in [-0.1, -0.05) is 15.9 Å². The summed E-state index contributed by atoms with van der Waals surface area (Å²) in [5, 5.41) is 0. The fraction of sp³-hybridized carbons (Fsp3) is 0.571. The summed E-state index contributed by atoms with van der Waals surface area (Å²) in [7, 11) is 0. The van der Waals surface area contributed by atoms with E-state index >= 15 is 0 Å². The van der Waals surface area contributed by atoms with E-state index in [0.29, 0.717) is 11.0 Å². The Hall–Kier alpha value is -0.750. The predicted molar refractivity (Wildman–Crippen MR) is 77.8 cm³/mol. The van der Waals surface area contributed by atoms with Crippen LogP contribution in [-0.2, 0) is 6.18 Å². The number of piperidine rings is 1. The van der Waals surface area contributed by atoms with E-state index in [1.54, 1.807) is 6.07 Å². The van der Waals surface area contributed by atoms with Crippen LogP contribution in [0.1, 0.15) is 31.7 Å². The molecular formula is C14H18BrF3N2. The van der Waals surface area contributed by atoms with Gasteiger partial charge < -0.3 is 10.6 Å². The summed E-state index contributed by atoms with van der Waals surface area (Å²) in [6, 6.07) is 4.38.